The molecule has 0 saturated heterocycles. The van der Waals surface area contributed by atoms with Crippen LogP contribution in [0, 0.1) is 0 Å². The molecule has 0 radical (unpaired) electrons. The van der Waals surface area contributed by atoms with Gasteiger partial charge < -0.3 is 0 Å². The van der Waals surface area contributed by atoms with Crippen molar-refractivity contribution in [3.8, 4) is 0 Å². The van der Waals surface area contributed by atoms with E-state index < -0.39 is 0 Å². The molecular formula is C12H13N. The summed E-state index contributed by atoms with van der Waals surface area (Å²) in [6.45, 7) is 4.27. The smallest absolute Gasteiger partial charge is 0.0730 e. The number of nitrogens with zero attached hydrogens (tertiary/aromatic N) is 1. The number of hydrogen-bond acceptors (Lipinski definition) is 1. The van der Waals surface area contributed by atoms with Crippen LogP contribution in [0.15, 0.2) is 30.5 Å². The van der Waals surface area contributed by atoms with E-state index in [1.165, 1.54) is 16.7 Å². The van der Waals surface area contributed by atoms with Gasteiger partial charge in [-0.05, 0) is 37.5 Å². The first-order chi connectivity index (χ1) is 6.29. The van der Waals surface area contributed by atoms with E-state index in [9.17, 15) is 0 Å². The fraction of sp³-hybridized carbons (Fsp3) is 0.250. The van der Waals surface area contributed by atoms with Crippen LogP contribution in [0.5, 0.6) is 0 Å². The Morgan fingerprint density at radius 2 is 1.92 bits per heavy atom. The average Bonchev–Trinajstić information content (AvgIpc) is 2.29. The molecular weight excluding hydrogens is 158 g/mol. The highest BCUT2D eigenvalue weighted by Gasteiger charge is 2.08. The zero-order valence-corrected chi connectivity index (χ0v) is 8.04. The summed E-state index contributed by atoms with van der Waals surface area (Å²) in [5, 5.41) is 0. The highest BCUT2D eigenvalue weighted by atomic mass is 14.7. The van der Waals surface area contributed by atoms with Gasteiger partial charge in [0.2, 0.25) is 0 Å². The second-order valence-corrected chi connectivity index (χ2v) is 3.41. The first-order valence-electron chi connectivity index (χ1n) is 4.58. The Balaban J connectivity index is 2.66. The zero-order chi connectivity index (χ0) is 9.26. The number of hydrogen-bond donors (Lipinski definition) is 0. The summed E-state index contributed by atoms with van der Waals surface area (Å²) < 4.78 is 0. The van der Waals surface area contributed by atoms with Gasteiger partial charge >= 0.3 is 0 Å². The zero-order valence-electron chi connectivity index (χ0n) is 8.04. The lowest BCUT2D eigenvalue weighted by Gasteiger charge is -2.06. The summed E-state index contributed by atoms with van der Waals surface area (Å²) in [5.74, 6) is 0. The van der Waals surface area contributed by atoms with E-state index in [1.54, 1.807) is 0 Å². The molecule has 1 heterocycles. The highest BCUT2D eigenvalue weighted by Crippen LogP contribution is 2.26. The van der Waals surface area contributed by atoms with Crippen molar-refractivity contribution in [2.45, 2.75) is 20.3 Å². The van der Waals surface area contributed by atoms with Crippen molar-refractivity contribution in [2.75, 3.05) is 0 Å². The van der Waals surface area contributed by atoms with Gasteiger partial charge in [-0.2, -0.15) is 0 Å². The van der Waals surface area contributed by atoms with Gasteiger partial charge in [-0.25, -0.2) is 0 Å². The fourth-order valence-corrected chi connectivity index (χ4v) is 1.66. The van der Waals surface area contributed by atoms with Crippen molar-refractivity contribution >= 4 is 11.1 Å². The maximum Gasteiger partial charge on any atom is 0.0730 e. The van der Waals surface area contributed by atoms with Gasteiger partial charge in [0.05, 0.1) is 5.69 Å². The van der Waals surface area contributed by atoms with Crippen LogP contribution in [-0.4, -0.2) is 4.98 Å². The summed E-state index contributed by atoms with van der Waals surface area (Å²) in [6.07, 6.45) is 7.35. The predicted molar refractivity (Wildman–Crippen MR) is 56.2 cm³/mol. The molecule has 66 valence electrons. The Morgan fingerprint density at radius 3 is 2.77 bits per heavy atom. The molecule has 0 saturated carbocycles. The number of rotatable bonds is 0. The molecule has 13 heavy (non-hydrogen) atoms. The summed E-state index contributed by atoms with van der Waals surface area (Å²) in [4.78, 5) is 4.40. The number of allylic oxidation sites excluding steroid dienone is 4. The van der Waals surface area contributed by atoms with Crippen molar-refractivity contribution in [3.05, 3.63) is 41.7 Å². The van der Waals surface area contributed by atoms with Gasteiger partial charge in [-0.15, -0.1) is 0 Å². The van der Waals surface area contributed by atoms with Gasteiger partial charge in [0.15, 0.2) is 0 Å². The van der Waals surface area contributed by atoms with Crippen LogP contribution in [0.25, 0.3) is 11.1 Å². The summed E-state index contributed by atoms with van der Waals surface area (Å²) in [7, 11) is 0. The lowest BCUT2D eigenvalue weighted by molar-refractivity contribution is 1.25. The van der Waals surface area contributed by atoms with Gasteiger partial charge in [-0.3, -0.25) is 4.98 Å². The predicted octanol–water partition coefficient (Wildman–Crippen LogP) is 3.29. The lowest BCUT2D eigenvalue weighted by atomic mass is 10.0. The minimum Gasteiger partial charge on any atom is -0.256 e. The van der Waals surface area contributed by atoms with Crippen LogP contribution in [-0.2, 0) is 0 Å². The Hall–Kier alpha value is -1.37. The monoisotopic (exact) mass is 171 g/mol. The van der Waals surface area contributed by atoms with E-state index in [-0.39, 0.29) is 0 Å². The van der Waals surface area contributed by atoms with Crippen molar-refractivity contribution in [3.63, 3.8) is 0 Å². The number of fused-ring (bicyclic) bond motifs is 1. The quantitative estimate of drug-likeness (QED) is 0.583. The van der Waals surface area contributed by atoms with E-state index in [2.05, 4.69) is 37.0 Å². The average molecular weight is 171 g/mol. The Bertz CT molecular complexity index is 349. The molecule has 0 spiro atoms. The van der Waals surface area contributed by atoms with Crippen LogP contribution in [0.2, 0.25) is 0 Å². The molecule has 0 bridgehead atoms. The summed E-state index contributed by atoms with van der Waals surface area (Å²) >= 11 is 0. The maximum absolute atomic E-state index is 4.40. The normalized spacial score (nSPS) is 15.5. The van der Waals surface area contributed by atoms with Crippen molar-refractivity contribution in [2.24, 2.45) is 0 Å². The van der Waals surface area contributed by atoms with E-state index >= 15 is 0 Å². The molecule has 1 aromatic heterocycles. The van der Waals surface area contributed by atoms with Crippen LogP contribution in [0.1, 0.15) is 31.5 Å². The summed E-state index contributed by atoms with van der Waals surface area (Å²) in [5.41, 5.74) is 5.02. The van der Waals surface area contributed by atoms with E-state index in [0.717, 1.165) is 12.1 Å². The highest BCUT2D eigenvalue weighted by molar-refractivity contribution is 5.78. The molecule has 0 fully saturated rings. The minimum absolute atomic E-state index is 1.02. The van der Waals surface area contributed by atoms with Crippen molar-refractivity contribution in [1.29, 1.82) is 0 Å². The third-order valence-corrected chi connectivity index (χ3v) is 2.45. The largest absolute Gasteiger partial charge is 0.256 e. The van der Waals surface area contributed by atoms with Gasteiger partial charge in [0.25, 0.3) is 0 Å². The third-order valence-electron chi connectivity index (χ3n) is 2.45. The molecule has 0 unspecified atom stereocenters. The minimum atomic E-state index is 1.02. The second-order valence-electron chi connectivity index (χ2n) is 3.41. The molecule has 0 aliphatic heterocycles. The lowest BCUT2D eigenvalue weighted by Crippen LogP contribution is -1.91. The molecule has 1 aromatic rings. The van der Waals surface area contributed by atoms with Gasteiger partial charge in [0.1, 0.15) is 0 Å². The molecule has 1 nitrogen and oxygen atoms in total. The van der Waals surface area contributed by atoms with E-state index in [4.69, 9.17) is 0 Å². The van der Waals surface area contributed by atoms with Crippen LogP contribution < -0.4 is 0 Å². The number of pyridine rings is 1. The SMILES string of the molecule is CC1=CCC=C(C)c2ncccc21. The molecule has 0 N–H and O–H groups in total. The van der Waals surface area contributed by atoms with Gasteiger partial charge in [-0.1, -0.05) is 18.2 Å². The van der Waals surface area contributed by atoms with Crippen molar-refractivity contribution in [1.82, 2.24) is 4.98 Å². The maximum atomic E-state index is 4.40. The second kappa shape index (κ2) is 3.17. The molecule has 0 atom stereocenters. The topological polar surface area (TPSA) is 12.9 Å². The fourth-order valence-electron chi connectivity index (χ4n) is 1.66. The Labute approximate surface area is 78.8 Å². The Morgan fingerprint density at radius 1 is 1.15 bits per heavy atom. The van der Waals surface area contributed by atoms with Crippen LogP contribution >= 0.6 is 0 Å². The van der Waals surface area contributed by atoms with Crippen LogP contribution in [0.4, 0.5) is 0 Å². The third kappa shape index (κ3) is 1.42. The first kappa shape index (κ1) is 8.24. The first-order valence-corrected chi connectivity index (χ1v) is 4.58. The van der Waals surface area contributed by atoms with E-state index in [0.29, 0.717) is 0 Å². The summed E-state index contributed by atoms with van der Waals surface area (Å²) in [6, 6.07) is 4.13. The molecule has 1 aliphatic carbocycles. The molecule has 0 amide bonds. The van der Waals surface area contributed by atoms with E-state index in [1.807, 2.05) is 12.3 Å². The molecule has 0 aromatic carbocycles. The molecule has 2 rings (SSSR count). The Kier molecular flexibility index (Phi) is 2.01. The van der Waals surface area contributed by atoms with Crippen molar-refractivity contribution < 1.29 is 0 Å². The van der Waals surface area contributed by atoms with Crippen LogP contribution in [0.3, 0.4) is 0 Å². The standard InChI is InChI=1S/C12H13N/c1-9-5-3-6-10(2)12-11(9)7-4-8-13-12/h4-8H,3H2,1-2H3. The number of aromatic nitrogens is 1. The van der Waals surface area contributed by atoms with Gasteiger partial charge in [0, 0.05) is 11.8 Å². The molecule has 1 heteroatoms. The molecule has 1 aliphatic rings.